The third kappa shape index (κ3) is 4.17. The van der Waals surface area contributed by atoms with Gasteiger partial charge in [0.05, 0.1) is 16.4 Å². The van der Waals surface area contributed by atoms with Crippen LogP contribution in [0.1, 0.15) is 53.7 Å². The maximum atomic E-state index is 13.0. The first-order valence-corrected chi connectivity index (χ1v) is 13.1. The molecule has 28 heavy (non-hydrogen) atoms. The molecule has 156 valence electrons. The summed E-state index contributed by atoms with van der Waals surface area (Å²) in [5.74, 6) is 1.44. The molecule has 2 aliphatic heterocycles. The fraction of sp³-hybridized carbons (Fsp3) is 0.762. The first-order chi connectivity index (χ1) is 13.1. The fourth-order valence-corrected chi connectivity index (χ4v) is 7.82. The van der Waals surface area contributed by atoms with E-state index in [2.05, 4.69) is 31.7 Å². The number of aryl methyl sites for hydroxylation is 1. The Kier molecular flexibility index (Phi) is 5.38. The SMILES string of the molecule is CC(C)(C)[C@@H]1CCc2sc(C(=O)N3CCN([C@@H]4CCS(=O)(=O)C4)CC3)cc2C1. The summed E-state index contributed by atoms with van der Waals surface area (Å²) in [5.41, 5.74) is 1.70. The van der Waals surface area contributed by atoms with Crippen molar-refractivity contribution in [2.45, 2.75) is 52.5 Å². The van der Waals surface area contributed by atoms with Crippen LogP contribution in [0.15, 0.2) is 6.07 Å². The normalized spacial score (nSPS) is 28.3. The average Bonchev–Trinajstić information content (AvgIpc) is 3.22. The summed E-state index contributed by atoms with van der Waals surface area (Å²) >= 11 is 1.69. The Morgan fingerprint density at radius 2 is 1.86 bits per heavy atom. The smallest absolute Gasteiger partial charge is 0.264 e. The predicted octanol–water partition coefficient (Wildman–Crippen LogP) is 2.84. The van der Waals surface area contributed by atoms with E-state index in [1.165, 1.54) is 16.9 Å². The molecule has 3 aliphatic rings. The van der Waals surface area contributed by atoms with Crippen molar-refractivity contribution in [3.8, 4) is 0 Å². The first kappa shape index (κ1) is 20.4. The van der Waals surface area contributed by atoms with Gasteiger partial charge in [-0.2, -0.15) is 0 Å². The van der Waals surface area contributed by atoms with Crippen LogP contribution in [0, 0.1) is 11.3 Å². The number of rotatable bonds is 2. The number of hydrogen-bond acceptors (Lipinski definition) is 5. The summed E-state index contributed by atoms with van der Waals surface area (Å²) in [5, 5.41) is 0. The van der Waals surface area contributed by atoms with E-state index in [0.29, 0.717) is 30.2 Å². The molecule has 0 saturated carbocycles. The Bertz CT molecular complexity index is 845. The summed E-state index contributed by atoms with van der Waals surface area (Å²) in [6, 6.07) is 2.29. The van der Waals surface area contributed by atoms with Crippen molar-refractivity contribution < 1.29 is 13.2 Å². The second-order valence-electron chi connectivity index (χ2n) is 9.75. The Balaban J connectivity index is 1.37. The number of fused-ring (bicyclic) bond motifs is 1. The lowest BCUT2D eigenvalue weighted by molar-refractivity contribution is 0.0592. The quantitative estimate of drug-likeness (QED) is 0.733. The molecule has 0 aromatic carbocycles. The van der Waals surface area contributed by atoms with E-state index in [-0.39, 0.29) is 17.7 Å². The monoisotopic (exact) mass is 424 g/mol. The van der Waals surface area contributed by atoms with Gasteiger partial charge < -0.3 is 4.90 Å². The predicted molar refractivity (Wildman–Crippen MR) is 114 cm³/mol. The number of nitrogens with zero attached hydrogens (tertiary/aromatic N) is 2. The van der Waals surface area contributed by atoms with Gasteiger partial charge in [-0.3, -0.25) is 9.69 Å². The highest BCUT2D eigenvalue weighted by atomic mass is 32.2. The van der Waals surface area contributed by atoms with E-state index in [1.807, 2.05) is 4.90 Å². The summed E-state index contributed by atoms with van der Waals surface area (Å²) in [4.78, 5) is 19.6. The molecular weight excluding hydrogens is 392 g/mol. The maximum absolute atomic E-state index is 13.0. The Hall–Kier alpha value is -0.920. The number of sulfone groups is 1. The van der Waals surface area contributed by atoms with Crippen LogP contribution < -0.4 is 0 Å². The highest BCUT2D eigenvalue weighted by Gasteiger charge is 2.35. The fourth-order valence-electron chi connectivity index (χ4n) is 4.88. The standard InChI is InChI=1S/C21H32N2O3S2/c1-21(2,3)16-4-5-18-15(12-16)13-19(27-18)20(24)23-9-7-22(8-10-23)17-6-11-28(25,26)14-17/h13,16-17H,4-12,14H2,1-3H3/t16-,17-/m1/s1. The topological polar surface area (TPSA) is 57.7 Å². The molecule has 1 aliphatic carbocycles. The van der Waals surface area contributed by atoms with Crippen molar-refractivity contribution in [2.24, 2.45) is 11.3 Å². The Labute approximate surface area is 173 Å². The van der Waals surface area contributed by atoms with Crippen LogP contribution in [-0.4, -0.2) is 67.9 Å². The van der Waals surface area contributed by atoms with E-state index in [1.54, 1.807) is 11.3 Å². The number of carbonyl (C=O) groups is 1. The van der Waals surface area contributed by atoms with Crippen molar-refractivity contribution in [3.05, 3.63) is 21.4 Å². The minimum absolute atomic E-state index is 0.144. The third-order valence-corrected chi connectivity index (χ3v) is 9.82. The van der Waals surface area contributed by atoms with Crippen molar-refractivity contribution in [1.29, 1.82) is 0 Å². The van der Waals surface area contributed by atoms with Crippen LogP contribution in [0.4, 0.5) is 0 Å². The second kappa shape index (κ2) is 7.40. The largest absolute Gasteiger partial charge is 0.335 e. The zero-order chi connectivity index (χ0) is 20.1. The lowest BCUT2D eigenvalue weighted by Crippen LogP contribution is -2.52. The van der Waals surface area contributed by atoms with Gasteiger partial charge in [0.15, 0.2) is 9.84 Å². The van der Waals surface area contributed by atoms with Gasteiger partial charge in [0.2, 0.25) is 0 Å². The molecule has 0 spiro atoms. The molecular formula is C21H32N2O3S2. The lowest BCUT2D eigenvalue weighted by atomic mass is 9.72. The molecule has 3 heterocycles. The van der Waals surface area contributed by atoms with Gasteiger partial charge in [-0.05, 0) is 48.6 Å². The van der Waals surface area contributed by atoms with E-state index in [0.717, 1.165) is 37.2 Å². The van der Waals surface area contributed by atoms with Gasteiger partial charge in [-0.25, -0.2) is 8.42 Å². The zero-order valence-corrected chi connectivity index (χ0v) is 18.9. The molecule has 0 N–H and O–H groups in total. The highest BCUT2D eigenvalue weighted by Crippen LogP contribution is 2.40. The molecule has 0 unspecified atom stereocenters. The Morgan fingerprint density at radius 3 is 2.46 bits per heavy atom. The summed E-state index contributed by atoms with van der Waals surface area (Å²) in [6.45, 7) is 9.90. The summed E-state index contributed by atoms with van der Waals surface area (Å²) in [7, 11) is -2.86. The minimum Gasteiger partial charge on any atom is -0.335 e. The van der Waals surface area contributed by atoms with Crippen LogP contribution >= 0.6 is 11.3 Å². The maximum Gasteiger partial charge on any atom is 0.264 e. The van der Waals surface area contributed by atoms with E-state index >= 15 is 0 Å². The van der Waals surface area contributed by atoms with E-state index in [9.17, 15) is 13.2 Å². The van der Waals surface area contributed by atoms with Gasteiger partial charge in [-0.15, -0.1) is 11.3 Å². The number of piperazine rings is 1. The number of thiophene rings is 1. The Morgan fingerprint density at radius 1 is 1.14 bits per heavy atom. The van der Waals surface area contributed by atoms with Crippen molar-refractivity contribution >= 4 is 27.1 Å². The lowest BCUT2D eigenvalue weighted by Gasteiger charge is -2.37. The molecule has 5 nitrogen and oxygen atoms in total. The zero-order valence-electron chi connectivity index (χ0n) is 17.2. The van der Waals surface area contributed by atoms with Crippen molar-refractivity contribution in [2.75, 3.05) is 37.7 Å². The number of amides is 1. The molecule has 2 atom stereocenters. The molecule has 2 fully saturated rings. The third-order valence-electron chi connectivity index (χ3n) is 6.84. The van der Waals surface area contributed by atoms with Crippen molar-refractivity contribution in [1.82, 2.24) is 9.80 Å². The second-order valence-corrected chi connectivity index (χ2v) is 13.1. The molecule has 1 amide bonds. The van der Waals surface area contributed by atoms with Gasteiger partial charge in [0.25, 0.3) is 5.91 Å². The highest BCUT2D eigenvalue weighted by molar-refractivity contribution is 7.91. The van der Waals surface area contributed by atoms with Crippen LogP contribution in [0.5, 0.6) is 0 Å². The molecule has 1 aromatic heterocycles. The minimum atomic E-state index is -2.86. The van der Waals surface area contributed by atoms with Gasteiger partial charge >= 0.3 is 0 Å². The summed E-state index contributed by atoms with van der Waals surface area (Å²) < 4.78 is 23.5. The molecule has 2 saturated heterocycles. The van der Waals surface area contributed by atoms with Gasteiger partial charge in [0, 0.05) is 37.1 Å². The molecule has 7 heteroatoms. The molecule has 4 rings (SSSR count). The van der Waals surface area contributed by atoms with Gasteiger partial charge in [-0.1, -0.05) is 20.8 Å². The van der Waals surface area contributed by atoms with Gasteiger partial charge in [0.1, 0.15) is 0 Å². The van der Waals surface area contributed by atoms with Crippen LogP contribution in [0.2, 0.25) is 0 Å². The molecule has 0 radical (unpaired) electrons. The molecule has 1 aromatic rings. The number of hydrogen-bond donors (Lipinski definition) is 0. The van der Waals surface area contributed by atoms with Crippen molar-refractivity contribution in [3.63, 3.8) is 0 Å². The van der Waals surface area contributed by atoms with E-state index in [4.69, 9.17) is 0 Å². The average molecular weight is 425 g/mol. The van der Waals surface area contributed by atoms with Crippen LogP contribution in [-0.2, 0) is 22.7 Å². The molecule has 0 bridgehead atoms. The first-order valence-electron chi connectivity index (χ1n) is 10.5. The van der Waals surface area contributed by atoms with E-state index < -0.39 is 9.84 Å². The summed E-state index contributed by atoms with van der Waals surface area (Å²) in [6.07, 6.45) is 4.14. The number of carbonyl (C=O) groups excluding carboxylic acids is 1. The van der Waals surface area contributed by atoms with Crippen LogP contribution in [0.3, 0.4) is 0 Å². The van der Waals surface area contributed by atoms with Crippen LogP contribution in [0.25, 0.3) is 0 Å².